The van der Waals surface area contributed by atoms with Crippen LogP contribution in [0.5, 0.6) is 0 Å². The average Bonchev–Trinajstić information content (AvgIpc) is 2.75. The number of carbonyl (C=O) groups excluding carboxylic acids is 1. The van der Waals surface area contributed by atoms with Crippen LogP contribution in [-0.2, 0) is 0 Å². The zero-order chi connectivity index (χ0) is 12.4. The van der Waals surface area contributed by atoms with Crippen LogP contribution in [0, 0.1) is 10.1 Å². The summed E-state index contributed by atoms with van der Waals surface area (Å²) in [6.07, 6.45) is 3.37. The number of nitrogens with zero attached hydrogens (tertiary/aromatic N) is 3. The first-order valence-corrected chi connectivity index (χ1v) is 4.94. The average molecular weight is 252 g/mol. The molecule has 1 aromatic heterocycles. The van der Waals surface area contributed by atoms with Crippen molar-refractivity contribution in [1.29, 1.82) is 0 Å². The minimum absolute atomic E-state index is 0.200. The summed E-state index contributed by atoms with van der Waals surface area (Å²) in [5.41, 5.74) is 0.292. The minimum atomic E-state index is -0.572. The lowest BCUT2D eigenvalue weighted by atomic mass is 10.2. The van der Waals surface area contributed by atoms with Gasteiger partial charge in [-0.3, -0.25) is 14.9 Å². The van der Waals surface area contributed by atoms with Crippen molar-refractivity contribution in [3.63, 3.8) is 0 Å². The molecule has 0 atom stereocenters. The van der Waals surface area contributed by atoms with Crippen molar-refractivity contribution < 1.29 is 9.72 Å². The van der Waals surface area contributed by atoms with Gasteiger partial charge >= 0.3 is 0 Å². The van der Waals surface area contributed by atoms with Gasteiger partial charge in [0.25, 0.3) is 5.69 Å². The van der Waals surface area contributed by atoms with Gasteiger partial charge in [-0.05, 0) is 12.1 Å². The Morgan fingerprint density at radius 2 is 2.24 bits per heavy atom. The van der Waals surface area contributed by atoms with Crippen LogP contribution in [0.15, 0.2) is 30.6 Å². The van der Waals surface area contributed by atoms with Crippen LogP contribution in [0.1, 0.15) is 10.4 Å². The molecule has 0 amide bonds. The molecular formula is C10H6ClN3O3. The van der Waals surface area contributed by atoms with Crippen molar-refractivity contribution in [3.05, 3.63) is 51.3 Å². The number of nitro groups is 1. The third kappa shape index (κ3) is 2.16. The van der Waals surface area contributed by atoms with E-state index in [0.29, 0.717) is 11.3 Å². The first kappa shape index (κ1) is 11.3. The summed E-state index contributed by atoms with van der Waals surface area (Å²) in [7, 11) is 0. The molecule has 0 aliphatic rings. The highest BCUT2D eigenvalue weighted by atomic mass is 35.5. The van der Waals surface area contributed by atoms with E-state index in [1.165, 1.54) is 35.3 Å². The molecular weight excluding hydrogens is 246 g/mol. The van der Waals surface area contributed by atoms with Crippen LogP contribution in [0.2, 0.25) is 5.02 Å². The highest BCUT2D eigenvalue weighted by Gasteiger charge is 2.16. The Balaban J connectivity index is 2.61. The standard InChI is InChI=1S/C10H6ClN3O3/c11-8-4-12-13(5-8)9-2-1-7(6-15)3-10(9)14(16)17/h1-6H. The van der Waals surface area contributed by atoms with Gasteiger partial charge in [-0.15, -0.1) is 0 Å². The monoisotopic (exact) mass is 251 g/mol. The predicted octanol–water partition coefficient (Wildman–Crippen LogP) is 2.25. The molecule has 0 N–H and O–H groups in total. The van der Waals surface area contributed by atoms with Crippen LogP contribution in [0.4, 0.5) is 5.69 Å². The number of carbonyl (C=O) groups is 1. The number of nitro benzene ring substituents is 1. The maximum atomic E-state index is 10.9. The molecule has 7 heteroatoms. The third-order valence-corrected chi connectivity index (χ3v) is 2.33. The molecule has 0 saturated heterocycles. The van der Waals surface area contributed by atoms with Crippen LogP contribution >= 0.6 is 11.6 Å². The van der Waals surface area contributed by atoms with E-state index in [1.807, 2.05) is 0 Å². The Bertz CT molecular complexity index is 594. The quantitative estimate of drug-likeness (QED) is 0.476. The van der Waals surface area contributed by atoms with Gasteiger partial charge in [0.1, 0.15) is 12.0 Å². The zero-order valence-corrected chi connectivity index (χ0v) is 9.16. The molecule has 0 bridgehead atoms. The van der Waals surface area contributed by atoms with E-state index in [2.05, 4.69) is 5.10 Å². The number of hydrogen-bond acceptors (Lipinski definition) is 4. The molecule has 0 fully saturated rings. The molecule has 17 heavy (non-hydrogen) atoms. The highest BCUT2D eigenvalue weighted by Crippen LogP contribution is 2.24. The molecule has 6 nitrogen and oxygen atoms in total. The number of aromatic nitrogens is 2. The van der Waals surface area contributed by atoms with E-state index in [1.54, 1.807) is 0 Å². The van der Waals surface area contributed by atoms with Gasteiger partial charge < -0.3 is 0 Å². The van der Waals surface area contributed by atoms with Crippen molar-refractivity contribution in [2.24, 2.45) is 0 Å². The smallest absolute Gasteiger partial charge is 0.295 e. The van der Waals surface area contributed by atoms with Gasteiger partial charge in [-0.25, -0.2) is 4.68 Å². The van der Waals surface area contributed by atoms with Crippen molar-refractivity contribution in [2.45, 2.75) is 0 Å². The summed E-state index contributed by atoms with van der Waals surface area (Å²) in [5.74, 6) is 0. The third-order valence-electron chi connectivity index (χ3n) is 2.13. The molecule has 0 aliphatic heterocycles. The molecule has 86 valence electrons. The summed E-state index contributed by atoms with van der Waals surface area (Å²) in [4.78, 5) is 20.9. The molecule has 2 rings (SSSR count). The summed E-state index contributed by atoms with van der Waals surface area (Å²) in [5, 5.41) is 15.1. The highest BCUT2D eigenvalue weighted by molar-refractivity contribution is 6.30. The fourth-order valence-corrected chi connectivity index (χ4v) is 1.52. The van der Waals surface area contributed by atoms with Crippen molar-refractivity contribution in [1.82, 2.24) is 9.78 Å². The Kier molecular flexibility index (Phi) is 2.88. The van der Waals surface area contributed by atoms with Crippen LogP contribution in [0.3, 0.4) is 0 Å². The van der Waals surface area contributed by atoms with Gasteiger partial charge in [-0.1, -0.05) is 11.6 Å². The lowest BCUT2D eigenvalue weighted by Crippen LogP contribution is -2.01. The van der Waals surface area contributed by atoms with Crippen LogP contribution in [-0.4, -0.2) is 21.0 Å². The molecule has 2 aromatic rings. The molecule has 0 unspecified atom stereocenters. The van der Waals surface area contributed by atoms with Crippen molar-refractivity contribution >= 4 is 23.6 Å². The Labute approximate surface area is 101 Å². The van der Waals surface area contributed by atoms with Crippen molar-refractivity contribution in [2.75, 3.05) is 0 Å². The van der Waals surface area contributed by atoms with Gasteiger partial charge in [-0.2, -0.15) is 5.10 Å². The minimum Gasteiger partial charge on any atom is -0.298 e. The Morgan fingerprint density at radius 3 is 2.76 bits per heavy atom. The number of rotatable bonds is 3. The van der Waals surface area contributed by atoms with E-state index < -0.39 is 4.92 Å². The van der Waals surface area contributed by atoms with E-state index in [-0.39, 0.29) is 16.9 Å². The van der Waals surface area contributed by atoms with E-state index in [0.717, 1.165) is 0 Å². The maximum Gasteiger partial charge on any atom is 0.295 e. The van der Waals surface area contributed by atoms with E-state index in [9.17, 15) is 14.9 Å². The predicted molar refractivity (Wildman–Crippen MR) is 60.6 cm³/mol. The first-order chi connectivity index (χ1) is 8.11. The fraction of sp³-hybridized carbons (Fsp3) is 0. The van der Waals surface area contributed by atoms with Gasteiger partial charge in [0, 0.05) is 17.8 Å². The molecule has 1 heterocycles. The summed E-state index contributed by atoms with van der Waals surface area (Å²) < 4.78 is 1.29. The number of aldehydes is 1. The van der Waals surface area contributed by atoms with Gasteiger partial charge in [0.05, 0.1) is 16.1 Å². The van der Waals surface area contributed by atoms with Gasteiger partial charge in [0.2, 0.25) is 0 Å². The molecule has 1 aromatic carbocycles. The first-order valence-electron chi connectivity index (χ1n) is 4.56. The number of hydrogen-bond donors (Lipinski definition) is 0. The topological polar surface area (TPSA) is 78.0 Å². The lowest BCUT2D eigenvalue weighted by molar-refractivity contribution is -0.384. The van der Waals surface area contributed by atoms with Crippen molar-refractivity contribution in [3.8, 4) is 5.69 Å². The van der Waals surface area contributed by atoms with Crippen LogP contribution in [0.25, 0.3) is 5.69 Å². The second-order valence-corrected chi connectivity index (χ2v) is 3.66. The summed E-state index contributed by atoms with van der Waals surface area (Å²) in [6, 6.07) is 4.12. The van der Waals surface area contributed by atoms with Crippen LogP contribution < -0.4 is 0 Å². The second kappa shape index (κ2) is 4.34. The molecule has 0 radical (unpaired) electrons. The Morgan fingerprint density at radius 1 is 1.47 bits per heavy atom. The normalized spacial score (nSPS) is 10.2. The number of halogens is 1. The van der Waals surface area contributed by atoms with E-state index >= 15 is 0 Å². The summed E-state index contributed by atoms with van der Waals surface area (Å²) >= 11 is 5.69. The second-order valence-electron chi connectivity index (χ2n) is 3.23. The number of benzene rings is 1. The molecule has 0 aliphatic carbocycles. The largest absolute Gasteiger partial charge is 0.298 e. The summed E-state index contributed by atoms with van der Waals surface area (Å²) in [6.45, 7) is 0. The Hall–Kier alpha value is -2.21. The van der Waals surface area contributed by atoms with E-state index in [4.69, 9.17) is 11.6 Å². The maximum absolute atomic E-state index is 10.9. The van der Waals surface area contributed by atoms with Gasteiger partial charge in [0.15, 0.2) is 0 Å². The molecule has 0 spiro atoms. The lowest BCUT2D eigenvalue weighted by Gasteiger charge is -2.02. The molecule has 0 saturated carbocycles. The fourth-order valence-electron chi connectivity index (χ4n) is 1.39. The SMILES string of the molecule is O=Cc1ccc(-n2cc(Cl)cn2)c([N+](=O)[O-])c1. The zero-order valence-electron chi connectivity index (χ0n) is 8.41.